The van der Waals surface area contributed by atoms with Crippen molar-refractivity contribution in [1.29, 1.82) is 0 Å². The maximum Gasteiger partial charge on any atom is 0.157 e. The zero-order chi connectivity index (χ0) is 8.27. The van der Waals surface area contributed by atoms with Gasteiger partial charge in [-0.2, -0.15) is 0 Å². The summed E-state index contributed by atoms with van der Waals surface area (Å²) in [5.74, 6) is -0.360. The third-order valence-electron chi connectivity index (χ3n) is 1.27. The van der Waals surface area contributed by atoms with E-state index in [2.05, 4.69) is 0 Å². The first-order valence-corrected chi connectivity index (χ1v) is 3.07. The summed E-state index contributed by atoms with van der Waals surface area (Å²) < 4.78 is 0. The molecule has 0 aliphatic rings. The Kier molecular flexibility index (Phi) is 2.01. The Morgan fingerprint density at radius 3 is 2.36 bits per heavy atom. The molecule has 0 saturated carbocycles. The summed E-state index contributed by atoms with van der Waals surface area (Å²) in [6, 6.07) is 4.27. The molecule has 0 amide bonds. The second-order valence-electron chi connectivity index (χ2n) is 2.06. The van der Waals surface area contributed by atoms with Crippen LogP contribution in [-0.2, 0) is 0 Å². The van der Waals surface area contributed by atoms with Crippen molar-refractivity contribution in [2.45, 2.75) is 0 Å². The zero-order valence-electron chi connectivity index (χ0n) is 5.73. The molecule has 0 saturated heterocycles. The van der Waals surface area contributed by atoms with Crippen LogP contribution in [0, 0.1) is 0 Å². The molecule has 3 nitrogen and oxygen atoms in total. The SMILES string of the molecule is O/C=C\c1ccc(O)c(O)c1. The van der Waals surface area contributed by atoms with Crippen molar-refractivity contribution in [2.75, 3.05) is 0 Å². The first-order chi connectivity index (χ1) is 5.24. The van der Waals surface area contributed by atoms with Gasteiger partial charge in [0.15, 0.2) is 11.5 Å². The van der Waals surface area contributed by atoms with Gasteiger partial charge in [-0.25, -0.2) is 0 Å². The van der Waals surface area contributed by atoms with Crippen molar-refractivity contribution >= 4 is 6.08 Å². The van der Waals surface area contributed by atoms with Crippen LogP contribution in [0.1, 0.15) is 5.56 Å². The lowest BCUT2D eigenvalue weighted by molar-refractivity contribution is 0.403. The summed E-state index contributed by atoms with van der Waals surface area (Å²) >= 11 is 0. The molecule has 0 bridgehead atoms. The Morgan fingerprint density at radius 2 is 1.82 bits per heavy atom. The maximum atomic E-state index is 8.96. The van der Waals surface area contributed by atoms with Crippen molar-refractivity contribution < 1.29 is 15.3 Å². The van der Waals surface area contributed by atoms with Gasteiger partial charge in [0.25, 0.3) is 0 Å². The molecule has 0 unspecified atom stereocenters. The number of hydrogen-bond acceptors (Lipinski definition) is 3. The summed E-state index contributed by atoms with van der Waals surface area (Å²) in [5, 5.41) is 26.2. The quantitative estimate of drug-likeness (QED) is 0.423. The molecule has 0 aliphatic heterocycles. The van der Waals surface area contributed by atoms with Gasteiger partial charge in [0, 0.05) is 0 Å². The number of aliphatic hydroxyl groups is 1. The Balaban J connectivity index is 3.05. The van der Waals surface area contributed by atoms with Crippen LogP contribution in [0.2, 0.25) is 0 Å². The largest absolute Gasteiger partial charge is 0.516 e. The van der Waals surface area contributed by atoms with Gasteiger partial charge in [-0.1, -0.05) is 6.07 Å². The first kappa shape index (κ1) is 7.47. The summed E-state index contributed by atoms with van der Waals surface area (Å²) in [6.07, 6.45) is 2.27. The average Bonchev–Trinajstić information content (AvgIpc) is 1.98. The summed E-state index contributed by atoms with van der Waals surface area (Å²) in [6.45, 7) is 0. The second-order valence-corrected chi connectivity index (χ2v) is 2.06. The van der Waals surface area contributed by atoms with Crippen LogP contribution in [0.15, 0.2) is 24.5 Å². The highest BCUT2D eigenvalue weighted by atomic mass is 16.3. The number of benzene rings is 1. The van der Waals surface area contributed by atoms with Crippen molar-refractivity contribution in [3.63, 3.8) is 0 Å². The van der Waals surface area contributed by atoms with E-state index in [4.69, 9.17) is 15.3 Å². The van der Waals surface area contributed by atoms with E-state index in [1.165, 1.54) is 18.2 Å². The van der Waals surface area contributed by atoms with Crippen molar-refractivity contribution in [3.05, 3.63) is 30.0 Å². The van der Waals surface area contributed by atoms with Crippen molar-refractivity contribution in [2.24, 2.45) is 0 Å². The summed E-state index contributed by atoms with van der Waals surface area (Å²) in [5.41, 5.74) is 0.628. The summed E-state index contributed by atoms with van der Waals surface area (Å²) in [4.78, 5) is 0. The highest BCUT2D eigenvalue weighted by molar-refractivity contribution is 5.54. The molecular weight excluding hydrogens is 144 g/mol. The standard InChI is InChI=1S/C8H8O3/c9-4-3-6-1-2-7(10)8(11)5-6/h1-5,9-11H/b4-3-. The van der Waals surface area contributed by atoms with Crippen molar-refractivity contribution in [1.82, 2.24) is 0 Å². The highest BCUT2D eigenvalue weighted by Gasteiger charge is 1.96. The van der Waals surface area contributed by atoms with Gasteiger partial charge in [-0.05, 0) is 23.8 Å². The molecule has 1 aromatic carbocycles. The van der Waals surface area contributed by atoms with E-state index in [1.807, 2.05) is 0 Å². The Labute approximate surface area is 63.9 Å². The molecule has 3 N–H and O–H groups in total. The highest BCUT2D eigenvalue weighted by Crippen LogP contribution is 2.25. The number of aromatic hydroxyl groups is 2. The van der Waals surface area contributed by atoms with Crippen LogP contribution in [-0.4, -0.2) is 15.3 Å². The maximum absolute atomic E-state index is 8.96. The number of aliphatic hydroxyl groups excluding tert-OH is 1. The third kappa shape index (κ3) is 1.64. The first-order valence-electron chi connectivity index (χ1n) is 3.07. The minimum atomic E-state index is -0.194. The lowest BCUT2D eigenvalue weighted by Crippen LogP contribution is -1.72. The predicted octanol–water partition coefficient (Wildman–Crippen LogP) is 1.63. The van der Waals surface area contributed by atoms with E-state index >= 15 is 0 Å². The number of phenols is 2. The van der Waals surface area contributed by atoms with Gasteiger partial charge in [0.1, 0.15) is 0 Å². The number of phenolic OH excluding ortho intramolecular Hbond substituents is 2. The van der Waals surface area contributed by atoms with Gasteiger partial charge in [-0.3, -0.25) is 0 Å². The van der Waals surface area contributed by atoms with Crippen LogP contribution < -0.4 is 0 Å². The Hall–Kier alpha value is -1.64. The number of hydrogen-bond donors (Lipinski definition) is 3. The van der Waals surface area contributed by atoms with Crippen LogP contribution in [0.4, 0.5) is 0 Å². The summed E-state index contributed by atoms with van der Waals surface area (Å²) in [7, 11) is 0. The zero-order valence-corrected chi connectivity index (χ0v) is 5.73. The van der Waals surface area contributed by atoms with Gasteiger partial charge in [-0.15, -0.1) is 0 Å². The third-order valence-corrected chi connectivity index (χ3v) is 1.27. The molecule has 1 aromatic rings. The lowest BCUT2D eigenvalue weighted by Gasteiger charge is -1.97. The molecule has 0 spiro atoms. The topological polar surface area (TPSA) is 60.7 Å². The minimum absolute atomic E-state index is 0.167. The monoisotopic (exact) mass is 152 g/mol. The second kappa shape index (κ2) is 2.96. The van der Waals surface area contributed by atoms with E-state index < -0.39 is 0 Å². The fourth-order valence-electron chi connectivity index (χ4n) is 0.730. The molecule has 0 atom stereocenters. The Morgan fingerprint density at radius 1 is 1.09 bits per heavy atom. The van der Waals surface area contributed by atoms with E-state index in [1.54, 1.807) is 6.07 Å². The lowest BCUT2D eigenvalue weighted by atomic mass is 10.2. The van der Waals surface area contributed by atoms with E-state index in [-0.39, 0.29) is 11.5 Å². The molecule has 0 aromatic heterocycles. The van der Waals surface area contributed by atoms with Crippen molar-refractivity contribution in [3.8, 4) is 11.5 Å². The predicted molar refractivity (Wildman–Crippen MR) is 41.4 cm³/mol. The molecule has 0 heterocycles. The van der Waals surface area contributed by atoms with Gasteiger partial charge in [0.2, 0.25) is 0 Å². The smallest absolute Gasteiger partial charge is 0.157 e. The average molecular weight is 152 g/mol. The molecular formula is C8H8O3. The molecule has 1 rings (SSSR count). The van der Waals surface area contributed by atoms with Gasteiger partial charge >= 0.3 is 0 Å². The molecule has 0 radical (unpaired) electrons. The van der Waals surface area contributed by atoms with E-state index in [9.17, 15) is 0 Å². The van der Waals surface area contributed by atoms with Gasteiger partial charge in [0.05, 0.1) is 6.26 Å². The van der Waals surface area contributed by atoms with Crippen LogP contribution >= 0.6 is 0 Å². The fraction of sp³-hybridized carbons (Fsp3) is 0. The number of rotatable bonds is 1. The van der Waals surface area contributed by atoms with E-state index in [0.29, 0.717) is 5.56 Å². The van der Waals surface area contributed by atoms with E-state index in [0.717, 1.165) is 6.26 Å². The van der Waals surface area contributed by atoms with Gasteiger partial charge < -0.3 is 15.3 Å². The molecule has 11 heavy (non-hydrogen) atoms. The fourth-order valence-corrected chi connectivity index (χ4v) is 0.730. The minimum Gasteiger partial charge on any atom is -0.516 e. The molecule has 3 heteroatoms. The van der Waals surface area contributed by atoms with Crippen LogP contribution in [0.25, 0.3) is 6.08 Å². The molecule has 0 aliphatic carbocycles. The normalized spacial score (nSPS) is 10.5. The Bertz CT molecular complexity index is 279. The van der Waals surface area contributed by atoms with Crippen LogP contribution in [0.5, 0.6) is 11.5 Å². The van der Waals surface area contributed by atoms with Crippen LogP contribution in [0.3, 0.4) is 0 Å². The molecule has 58 valence electrons. The molecule has 0 fully saturated rings.